The molecule has 3 amide bonds. The van der Waals surface area contributed by atoms with Gasteiger partial charge in [0.05, 0.1) is 30.7 Å². The minimum atomic E-state index is -0.542. The van der Waals surface area contributed by atoms with E-state index < -0.39 is 11.8 Å². The van der Waals surface area contributed by atoms with E-state index in [0.29, 0.717) is 49.2 Å². The van der Waals surface area contributed by atoms with E-state index in [1.807, 2.05) is 5.38 Å². The van der Waals surface area contributed by atoms with E-state index in [0.717, 1.165) is 10.5 Å². The summed E-state index contributed by atoms with van der Waals surface area (Å²) in [4.78, 5) is 44.4. The second-order valence-corrected chi connectivity index (χ2v) is 12.7. The van der Waals surface area contributed by atoms with Crippen molar-refractivity contribution in [3.05, 3.63) is 123 Å². The lowest BCUT2D eigenvalue weighted by Crippen LogP contribution is -2.30. The van der Waals surface area contributed by atoms with Gasteiger partial charge in [0.25, 0.3) is 11.8 Å². The summed E-state index contributed by atoms with van der Waals surface area (Å²) < 4.78 is 10.7. The Morgan fingerprint density at radius 2 is 1.67 bits per heavy atom. The van der Waals surface area contributed by atoms with Crippen LogP contribution in [0.3, 0.4) is 0 Å². The average molecular weight is 720 g/mol. The Balaban J connectivity index is 1.22. The SMILES string of the molecule is COc1ccc(/C=C(\NC(=O)c2ccccc2)C(=O)Nc2ccc(SCC(=O)Nc3nc(-c4ccc(Cl)cc4Cl)cs3)cc2)c(OC)c1. The summed E-state index contributed by atoms with van der Waals surface area (Å²) in [7, 11) is 3.05. The van der Waals surface area contributed by atoms with Crippen molar-refractivity contribution in [3.63, 3.8) is 0 Å². The number of amides is 3. The maximum Gasteiger partial charge on any atom is 0.272 e. The second kappa shape index (κ2) is 16.3. The Kier molecular flexibility index (Phi) is 11.8. The highest BCUT2D eigenvalue weighted by Crippen LogP contribution is 2.33. The first kappa shape index (κ1) is 34.5. The zero-order valence-electron chi connectivity index (χ0n) is 25.6. The molecule has 0 unspecified atom stereocenters. The monoisotopic (exact) mass is 718 g/mol. The maximum atomic E-state index is 13.5. The highest BCUT2D eigenvalue weighted by atomic mass is 35.5. The van der Waals surface area contributed by atoms with Gasteiger partial charge in [0, 0.05) is 43.7 Å². The fourth-order valence-electron chi connectivity index (χ4n) is 4.32. The van der Waals surface area contributed by atoms with E-state index in [1.54, 1.807) is 98.1 Å². The Morgan fingerprint density at radius 1 is 0.896 bits per heavy atom. The van der Waals surface area contributed by atoms with E-state index in [-0.39, 0.29) is 17.4 Å². The van der Waals surface area contributed by atoms with Gasteiger partial charge >= 0.3 is 0 Å². The molecule has 5 rings (SSSR count). The lowest BCUT2D eigenvalue weighted by Gasteiger charge is -2.13. The summed E-state index contributed by atoms with van der Waals surface area (Å²) in [6, 6.07) is 25.9. The van der Waals surface area contributed by atoms with Gasteiger partial charge in [-0.25, -0.2) is 4.98 Å². The van der Waals surface area contributed by atoms with Crippen molar-refractivity contribution in [2.75, 3.05) is 30.6 Å². The summed E-state index contributed by atoms with van der Waals surface area (Å²) in [5.41, 5.74) is 2.82. The summed E-state index contributed by atoms with van der Waals surface area (Å²) in [5, 5.41) is 11.6. The standard InChI is InChI=1S/C35H28Cl2N4O5S2/c1-45-25-12-8-22(31(18-25)46-2)16-29(39-33(43)21-6-4-3-5-7-21)34(44)38-24-10-13-26(14-11-24)47-20-32(42)41-35-40-30(19-48-35)27-15-9-23(36)17-28(27)37/h3-19H,20H2,1-2H3,(H,38,44)(H,39,43)(H,40,41,42)/b29-16-. The minimum absolute atomic E-state index is 0.00567. The van der Waals surface area contributed by atoms with Gasteiger partial charge in [-0.2, -0.15) is 0 Å². The molecular formula is C35H28Cl2N4O5S2. The van der Waals surface area contributed by atoms with Gasteiger partial charge < -0.3 is 25.4 Å². The second-order valence-electron chi connectivity index (χ2n) is 9.96. The third-order valence-corrected chi connectivity index (χ3v) is 9.03. The van der Waals surface area contributed by atoms with Crippen LogP contribution >= 0.6 is 46.3 Å². The summed E-state index contributed by atoms with van der Waals surface area (Å²) in [6.45, 7) is 0. The fourth-order valence-corrected chi connectivity index (χ4v) is 6.26. The van der Waals surface area contributed by atoms with Gasteiger partial charge in [-0.15, -0.1) is 23.1 Å². The van der Waals surface area contributed by atoms with Crippen LogP contribution in [0.25, 0.3) is 17.3 Å². The Morgan fingerprint density at radius 3 is 2.38 bits per heavy atom. The van der Waals surface area contributed by atoms with Crippen molar-refractivity contribution < 1.29 is 23.9 Å². The number of thiazole rings is 1. The molecule has 3 N–H and O–H groups in total. The van der Waals surface area contributed by atoms with Crippen LogP contribution in [-0.2, 0) is 9.59 Å². The molecule has 9 nitrogen and oxygen atoms in total. The van der Waals surface area contributed by atoms with Crippen molar-refractivity contribution in [2.24, 2.45) is 0 Å². The predicted octanol–water partition coefficient (Wildman–Crippen LogP) is 8.27. The molecule has 13 heteroatoms. The Bertz CT molecular complexity index is 1970. The van der Waals surface area contributed by atoms with Crippen molar-refractivity contribution in [3.8, 4) is 22.8 Å². The van der Waals surface area contributed by atoms with Crippen molar-refractivity contribution in [1.29, 1.82) is 0 Å². The zero-order chi connectivity index (χ0) is 34.0. The van der Waals surface area contributed by atoms with Crippen LogP contribution < -0.4 is 25.4 Å². The molecule has 5 aromatic rings. The molecule has 0 saturated heterocycles. The number of thioether (sulfide) groups is 1. The van der Waals surface area contributed by atoms with E-state index >= 15 is 0 Å². The number of benzene rings is 4. The number of carbonyl (C=O) groups is 3. The molecular weight excluding hydrogens is 691 g/mol. The molecule has 0 saturated carbocycles. The normalized spacial score (nSPS) is 11.0. The average Bonchev–Trinajstić information content (AvgIpc) is 3.55. The smallest absolute Gasteiger partial charge is 0.272 e. The Labute approximate surface area is 295 Å². The highest BCUT2D eigenvalue weighted by Gasteiger charge is 2.17. The molecule has 4 aromatic carbocycles. The third-order valence-electron chi connectivity index (χ3n) is 6.71. The van der Waals surface area contributed by atoms with E-state index in [4.69, 9.17) is 32.7 Å². The van der Waals surface area contributed by atoms with Gasteiger partial charge in [-0.1, -0.05) is 41.4 Å². The van der Waals surface area contributed by atoms with Gasteiger partial charge in [-0.05, 0) is 72.8 Å². The number of methoxy groups -OCH3 is 2. The van der Waals surface area contributed by atoms with E-state index in [1.165, 1.54) is 36.3 Å². The third kappa shape index (κ3) is 9.17. The summed E-state index contributed by atoms with van der Waals surface area (Å²) >= 11 is 14.9. The largest absolute Gasteiger partial charge is 0.497 e. The van der Waals surface area contributed by atoms with Crippen LogP contribution in [-0.4, -0.2) is 42.7 Å². The van der Waals surface area contributed by atoms with Crippen molar-refractivity contribution >= 4 is 80.9 Å². The van der Waals surface area contributed by atoms with E-state index in [9.17, 15) is 14.4 Å². The van der Waals surface area contributed by atoms with Gasteiger partial charge in [0.2, 0.25) is 5.91 Å². The number of anilines is 2. The van der Waals surface area contributed by atoms with Crippen molar-refractivity contribution in [2.45, 2.75) is 4.90 Å². The van der Waals surface area contributed by atoms with Crippen LogP contribution in [0.2, 0.25) is 10.0 Å². The number of carbonyl (C=O) groups excluding carboxylic acids is 3. The van der Waals surface area contributed by atoms with Crippen LogP contribution in [0.4, 0.5) is 10.8 Å². The summed E-state index contributed by atoms with van der Waals surface area (Å²) in [6.07, 6.45) is 1.53. The quantitative estimate of drug-likeness (QED) is 0.0878. The number of nitrogens with one attached hydrogen (secondary N) is 3. The number of ether oxygens (including phenoxy) is 2. The molecule has 0 aliphatic rings. The maximum absolute atomic E-state index is 13.5. The lowest BCUT2D eigenvalue weighted by atomic mass is 10.1. The first-order valence-corrected chi connectivity index (χ1v) is 16.9. The van der Waals surface area contributed by atoms with Crippen LogP contribution in [0.15, 0.2) is 107 Å². The predicted molar refractivity (Wildman–Crippen MR) is 193 cm³/mol. The molecule has 0 fully saturated rings. The molecule has 0 radical (unpaired) electrons. The van der Waals surface area contributed by atoms with Gasteiger partial charge in [0.1, 0.15) is 17.2 Å². The highest BCUT2D eigenvalue weighted by molar-refractivity contribution is 8.00. The number of hydrogen-bond acceptors (Lipinski definition) is 8. The van der Waals surface area contributed by atoms with Crippen molar-refractivity contribution in [1.82, 2.24) is 10.3 Å². The molecule has 0 bridgehead atoms. The number of halogens is 2. The number of rotatable bonds is 12. The molecule has 1 aromatic heterocycles. The van der Waals surface area contributed by atoms with Gasteiger partial charge in [0.15, 0.2) is 5.13 Å². The zero-order valence-corrected chi connectivity index (χ0v) is 28.7. The molecule has 0 aliphatic heterocycles. The van der Waals surface area contributed by atoms with E-state index in [2.05, 4.69) is 20.9 Å². The molecule has 244 valence electrons. The summed E-state index contributed by atoms with van der Waals surface area (Å²) in [5.74, 6) is -0.0316. The number of aromatic nitrogens is 1. The molecule has 0 spiro atoms. The van der Waals surface area contributed by atoms with Crippen LogP contribution in [0.1, 0.15) is 15.9 Å². The first-order valence-electron chi connectivity index (χ1n) is 14.3. The molecule has 1 heterocycles. The van der Waals surface area contributed by atoms with Crippen LogP contribution in [0.5, 0.6) is 11.5 Å². The number of nitrogens with zero attached hydrogens (tertiary/aromatic N) is 1. The van der Waals surface area contributed by atoms with Gasteiger partial charge in [-0.3, -0.25) is 14.4 Å². The molecule has 0 atom stereocenters. The Hall–Kier alpha value is -4.81. The topological polar surface area (TPSA) is 119 Å². The molecule has 0 aliphatic carbocycles. The number of hydrogen-bond donors (Lipinski definition) is 3. The lowest BCUT2D eigenvalue weighted by molar-refractivity contribution is -0.114. The minimum Gasteiger partial charge on any atom is -0.497 e. The fraction of sp³-hybridized carbons (Fsp3) is 0.0857. The van der Waals surface area contributed by atoms with Crippen LogP contribution in [0, 0.1) is 0 Å². The molecule has 48 heavy (non-hydrogen) atoms. The first-order chi connectivity index (χ1) is 23.2.